The van der Waals surface area contributed by atoms with Gasteiger partial charge in [-0.25, -0.2) is 0 Å². The van der Waals surface area contributed by atoms with Gasteiger partial charge in [0.25, 0.3) is 0 Å². The van der Waals surface area contributed by atoms with Gasteiger partial charge in [0.2, 0.25) is 0 Å². The largest absolute Gasteiger partial charge is 0.496 e. The van der Waals surface area contributed by atoms with Crippen molar-refractivity contribution in [2.24, 2.45) is 0 Å². The van der Waals surface area contributed by atoms with E-state index in [2.05, 4.69) is 13.8 Å². The third-order valence-corrected chi connectivity index (χ3v) is 9.20. The molecule has 212 valence electrons. The molecule has 0 spiro atoms. The zero-order valence-electron chi connectivity index (χ0n) is 24.2. The van der Waals surface area contributed by atoms with E-state index >= 15 is 0 Å². The second-order valence-corrected chi connectivity index (χ2v) is 12.1. The number of aliphatic carboxylic acids is 1. The lowest BCUT2D eigenvalue weighted by molar-refractivity contribution is -0.136. The van der Waals surface area contributed by atoms with Crippen LogP contribution in [0, 0.1) is 13.8 Å². The van der Waals surface area contributed by atoms with Crippen molar-refractivity contribution < 1.29 is 28.8 Å². The minimum Gasteiger partial charge on any atom is -0.496 e. The first-order valence-corrected chi connectivity index (χ1v) is 14.8. The summed E-state index contributed by atoms with van der Waals surface area (Å²) in [5, 5.41) is 9.79. The standard InChI is InChI=1S/C32H36O6S2/c1-17(2)37-24-13-9-11-22(35-7)28(24)31-20(6)19(5)30(40-31)26-15-21(16-27(33)34)32(39-26)29-23(36-8)12-10-14-25(29)38-18(3)4/h9-15,17-18H,16H2,1-8H3,(H,33,34). The molecule has 2 aromatic heterocycles. The van der Waals surface area contributed by atoms with Crippen molar-refractivity contribution in [1.29, 1.82) is 0 Å². The molecule has 0 unspecified atom stereocenters. The zero-order valence-corrected chi connectivity index (χ0v) is 25.8. The van der Waals surface area contributed by atoms with Crippen molar-refractivity contribution in [3.8, 4) is 53.6 Å². The lowest BCUT2D eigenvalue weighted by atomic mass is 10.0. The summed E-state index contributed by atoms with van der Waals surface area (Å²) < 4.78 is 23.8. The minimum atomic E-state index is -0.893. The fraction of sp³-hybridized carbons (Fsp3) is 0.344. The summed E-state index contributed by atoms with van der Waals surface area (Å²) in [6.07, 6.45) is -0.158. The average molecular weight is 581 g/mol. The number of carboxylic acids is 1. The predicted molar refractivity (Wildman–Crippen MR) is 164 cm³/mol. The van der Waals surface area contributed by atoms with E-state index in [4.69, 9.17) is 18.9 Å². The molecule has 2 heterocycles. The van der Waals surface area contributed by atoms with Crippen molar-refractivity contribution in [3.05, 3.63) is 59.2 Å². The third-order valence-electron chi connectivity index (χ3n) is 6.42. The molecular weight excluding hydrogens is 544 g/mol. The fourth-order valence-corrected chi connectivity index (χ4v) is 7.39. The molecule has 0 aliphatic heterocycles. The van der Waals surface area contributed by atoms with Crippen molar-refractivity contribution in [3.63, 3.8) is 0 Å². The maximum absolute atomic E-state index is 11.9. The highest BCUT2D eigenvalue weighted by molar-refractivity contribution is 7.25. The molecule has 0 saturated heterocycles. The predicted octanol–water partition coefficient (Wildman–Crippen LogP) is 8.65. The van der Waals surface area contributed by atoms with Gasteiger partial charge >= 0.3 is 5.97 Å². The number of benzene rings is 2. The van der Waals surface area contributed by atoms with Gasteiger partial charge in [-0.1, -0.05) is 12.1 Å². The normalized spacial score (nSPS) is 11.2. The SMILES string of the molecule is COc1cccc(OC(C)C)c1-c1sc(-c2sc(-c3c(OC)cccc3OC(C)C)c(C)c2C)cc1CC(=O)O. The Morgan fingerprint density at radius 1 is 0.750 bits per heavy atom. The molecule has 0 aliphatic rings. The highest BCUT2D eigenvalue weighted by Crippen LogP contribution is 2.52. The van der Waals surface area contributed by atoms with Crippen LogP contribution in [0.15, 0.2) is 42.5 Å². The maximum atomic E-state index is 11.9. The number of hydrogen-bond donors (Lipinski definition) is 1. The number of ether oxygens (including phenoxy) is 4. The van der Waals surface area contributed by atoms with Crippen LogP contribution in [0.5, 0.6) is 23.0 Å². The van der Waals surface area contributed by atoms with E-state index in [0.29, 0.717) is 11.5 Å². The summed E-state index contributed by atoms with van der Waals surface area (Å²) in [4.78, 5) is 15.9. The molecule has 40 heavy (non-hydrogen) atoms. The number of carbonyl (C=O) groups is 1. The van der Waals surface area contributed by atoms with Gasteiger partial charge in [-0.3, -0.25) is 4.79 Å². The number of thiophene rings is 2. The van der Waals surface area contributed by atoms with E-state index in [1.165, 1.54) is 0 Å². The second kappa shape index (κ2) is 12.4. The van der Waals surface area contributed by atoms with Crippen molar-refractivity contribution in [2.45, 2.75) is 60.2 Å². The molecule has 0 amide bonds. The Kier molecular flexibility index (Phi) is 9.11. The molecule has 0 radical (unpaired) electrons. The van der Waals surface area contributed by atoms with E-state index in [-0.39, 0.29) is 18.6 Å². The molecule has 0 bridgehead atoms. The van der Waals surface area contributed by atoms with Crippen LogP contribution < -0.4 is 18.9 Å². The van der Waals surface area contributed by atoms with E-state index in [1.807, 2.05) is 70.2 Å². The topological polar surface area (TPSA) is 74.2 Å². The summed E-state index contributed by atoms with van der Waals surface area (Å²) in [5.41, 5.74) is 4.69. The molecule has 1 N–H and O–H groups in total. The van der Waals surface area contributed by atoms with Gasteiger partial charge in [-0.2, -0.15) is 0 Å². The van der Waals surface area contributed by atoms with E-state index in [0.717, 1.165) is 58.8 Å². The van der Waals surface area contributed by atoms with Crippen LogP contribution in [0.4, 0.5) is 0 Å². The summed E-state index contributed by atoms with van der Waals surface area (Å²) in [7, 11) is 3.29. The average Bonchev–Trinajstić information content (AvgIpc) is 3.42. The minimum absolute atomic E-state index is 0.00762. The van der Waals surface area contributed by atoms with Gasteiger partial charge < -0.3 is 24.1 Å². The Bertz CT molecular complexity index is 1510. The monoisotopic (exact) mass is 580 g/mol. The van der Waals surface area contributed by atoms with Crippen molar-refractivity contribution >= 4 is 28.6 Å². The van der Waals surface area contributed by atoms with Crippen LogP contribution in [-0.2, 0) is 11.2 Å². The van der Waals surface area contributed by atoms with Gasteiger partial charge in [0, 0.05) is 19.5 Å². The molecule has 6 nitrogen and oxygen atoms in total. The Balaban J connectivity index is 1.94. The maximum Gasteiger partial charge on any atom is 0.307 e. The first-order chi connectivity index (χ1) is 19.0. The first kappa shape index (κ1) is 29.5. The lowest BCUT2D eigenvalue weighted by Gasteiger charge is -2.17. The van der Waals surface area contributed by atoms with E-state index < -0.39 is 5.97 Å². The Morgan fingerprint density at radius 2 is 1.23 bits per heavy atom. The molecule has 8 heteroatoms. The quantitative estimate of drug-likeness (QED) is 0.191. The van der Waals surface area contributed by atoms with Crippen molar-refractivity contribution in [2.75, 3.05) is 14.2 Å². The molecule has 0 aliphatic carbocycles. The van der Waals surface area contributed by atoms with Crippen LogP contribution in [0.25, 0.3) is 30.6 Å². The molecule has 0 fully saturated rings. The van der Waals surface area contributed by atoms with Gasteiger partial charge in [0.05, 0.1) is 44.0 Å². The van der Waals surface area contributed by atoms with Crippen LogP contribution in [0.3, 0.4) is 0 Å². The van der Waals surface area contributed by atoms with E-state index in [9.17, 15) is 9.90 Å². The van der Waals surface area contributed by atoms with Crippen molar-refractivity contribution in [1.82, 2.24) is 0 Å². The third kappa shape index (κ3) is 5.98. The Hall–Kier alpha value is -3.49. The van der Waals surface area contributed by atoms with Crippen LogP contribution in [-0.4, -0.2) is 37.5 Å². The Labute approximate surface area is 244 Å². The molecule has 2 aromatic carbocycles. The second-order valence-electron chi connectivity index (χ2n) is 10.0. The first-order valence-electron chi connectivity index (χ1n) is 13.2. The van der Waals surface area contributed by atoms with E-state index in [1.54, 1.807) is 36.9 Å². The van der Waals surface area contributed by atoms with Gasteiger partial charge in [0.15, 0.2) is 0 Å². The highest BCUT2D eigenvalue weighted by Gasteiger charge is 2.26. The van der Waals surface area contributed by atoms with Crippen LogP contribution >= 0.6 is 22.7 Å². The van der Waals surface area contributed by atoms with Gasteiger partial charge in [0.1, 0.15) is 23.0 Å². The number of hydrogen-bond acceptors (Lipinski definition) is 7. The number of rotatable bonds is 11. The molecule has 0 atom stereocenters. The summed E-state index contributed by atoms with van der Waals surface area (Å²) >= 11 is 3.22. The zero-order chi connectivity index (χ0) is 29.1. The molecular formula is C32H36O6S2. The smallest absolute Gasteiger partial charge is 0.307 e. The van der Waals surface area contributed by atoms with Gasteiger partial charge in [-0.05, 0) is 88.6 Å². The van der Waals surface area contributed by atoms with Gasteiger partial charge in [-0.15, -0.1) is 22.7 Å². The highest BCUT2D eigenvalue weighted by atomic mass is 32.1. The number of carboxylic acid groups (broad SMARTS) is 1. The summed E-state index contributed by atoms with van der Waals surface area (Å²) in [5.74, 6) is 1.93. The Morgan fingerprint density at radius 3 is 1.70 bits per heavy atom. The fourth-order valence-electron chi connectivity index (χ4n) is 4.63. The molecule has 0 saturated carbocycles. The summed E-state index contributed by atoms with van der Waals surface area (Å²) in [6, 6.07) is 13.5. The molecule has 4 rings (SSSR count). The number of methoxy groups -OCH3 is 2. The lowest BCUT2D eigenvalue weighted by Crippen LogP contribution is -2.07. The molecule has 4 aromatic rings. The van der Waals surface area contributed by atoms with Crippen LogP contribution in [0.1, 0.15) is 44.4 Å². The van der Waals surface area contributed by atoms with Crippen LogP contribution in [0.2, 0.25) is 0 Å². The summed E-state index contributed by atoms with van der Waals surface area (Å²) in [6.45, 7) is 12.2.